The van der Waals surface area contributed by atoms with Gasteiger partial charge in [-0.15, -0.1) is 0 Å². The minimum atomic E-state index is -0.848. The fourth-order valence-corrected chi connectivity index (χ4v) is 4.15. The molecule has 2 heterocycles. The Morgan fingerprint density at radius 2 is 2.06 bits per heavy atom. The van der Waals surface area contributed by atoms with Crippen LogP contribution in [0.5, 0.6) is 0 Å². The van der Waals surface area contributed by atoms with Crippen LogP contribution in [0.1, 0.15) is 37.8 Å². The predicted octanol–water partition coefficient (Wildman–Crippen LogP) is 2.24. The van der Waals surface area contributed by atoms with Gasteiger partial charge in [-0.3, -0.25) is 4.68 Å². The van der Waals surface area contributed by atoms with Crippen LogP contribution in [0.3, 0.4) is 0 Å². The summed E-state index contributed by atoms with van der Waals surface area (Å²) in [6, 6.07) is 0. The van der Waals surface area contributed by atoms with Crippen molar-refractivity contribution in [2.75, 3.05) is 13.2 Å². The fraction of sp³-hybridized carbons (Fsp3) is 0.769. The minimum Gasteiger partial charge on any atom is -0.383 e. The Morgan fingerprint density at radius 1 is 1.33 bits per heavy atom. The molecule has 1 aromatic heterocycles. The number of nitrogens with zero attached hydrogens (tertiary/aromatic N) is 2. The zero-order chi connectivity index (χ0) is 12.8. The Balaban J connectivity index is 2.07. The van der Waals surface area contributed by atoms with E-state index in [0.717, 1.165) is 51.0 Å². The number of rotatable bonds is 1. The van der Waals surface area contributed by atoms with Crippen LogP contribution in [0.4, 0.5) is 0 Å². The number of ether oxygens (including phenoxy) is 1. The van der Waals surface area contributed by atoms with Crippen molar-refractivity contribution in [2.45, 2.75) is 37.7 Å². The molecule has 0 bridgehead atoms. The molecule has 0 radical (unpaired) electrons. The van der Waals surface area contributed by atoms with E-state index in [1.807, 2.05) is 7.05 Å². The maximum Gasteiger partial charge on any atom is 0.113 e. The molecule has 1 aromatic rings. The van der Waals surface area contributed by atoms with E-state index in [-0.39, 0.29) is 5.41 Å². The molecule has 1 saturated carbocycles. The third-order valence-electron chi connectivity index (χ3n) is 4.81. The van der Waals surface area contributed by atoms with Crippen LogP contribution in [0, 0.1) is 5.41 Å². The van der Waals surface area contributed by atoms with Crippen LogP contribution in [0.2, 0.25) is 5.02 Å². The SMILES string of the molecule is Cn1ncc(Cl)c1C1(O)CCCC12CCOCC2. The fourth-order valence-electron chi connectivity index (χ4n) is 3.83. The highest BCUT2D eigenvalue weighted by Crippen LogP contribution is 2.58. The van der Waals surface area contributed by atoms with Crippen molar-refractivity contribution in [1.82, 2.24) is 9.78 Å². The van der Waals surface area contributed by atoms with E-state index >= 15 is 0 Å². The molecule has 1 spiro atoms. The molecule has 0 aromatic carbocycles. The van der Waals surface area contributed by atoms with Gasteiger partial charge in [-0.1, -0.05) is 11.6 Å². The smallest absolute Gasteiger partial charge is 0.113 e. The van der Waals surface area contributed by atoms with E-state index in [9.17, 15) is 5.11 Å². The van der Waals surface area contributed by atoms with Gasteiger partial charge < -0.3 is 9.84 Å². The van der Waals surface area contributed by atoms with Crippen molar-refractivity contribution in [3.05, 3.63) is 16.9 Å². The van der Waals surface area contributed by atoms with E-state index in [1.54, 1.807) is 10.9 Å². The Bertz CT molecular complexity index is 434. The molecule has 0 amide bonds. The largest absolute Gasteiger partial charge is 0.383 e. The first-order valence-corrected chi connectivity index (χ1v) is 6.95. The van der Waals surface area contributed by atoms with Crippen LogP contribution >= 0.6 is 11.6 Å². The molecule has 5 heteroatoms. The zero-order valence-electron chi connectivity index (χ0n) is 10.7. The summed E-state index contributed by atoms with van der Waals surface area (Å²) in [5.41, 5.74) is -0.148. The summed E-state index contributed by atoms with van der Waals surface area (Å²) in [6.07, 6.45) is 6.30. The molecule has 2 aliphatic rings. The molecule has 100 valence electrons. The second-order valence-electron chi connectivity index (χ2n) is 5.57. The first kappa shape index (κ1) is 12.5. The highest BCUT2D eigenvalue weighted by Gasteiger charge is 2.57. The number of aromatic nitrogens is 2. The summed E-state index contributed by atoms with van der Waals surface area (Å²) < 4.78 is 7.19. The maximum absolute atomic E-state index is 11.3. The molecule has 1 aliphatic heterocycles. The van der Waals surface area contributed by atoms with Crippen LogP contribution in [-0.2, 0) is 17.4 Å². The molecule has 1 unspecified atom stereocenters. The third kappa shape index (κ3) is 1.55. The second kappa shape index (κ2) is 4.22. The van der Waals surface area contributed by atoms with Crippen molar-refractivity contribution in [1.29, 1.82) is 0 Å². The van der Waals surface area contributed by atoms with E-state index in [0.29, 0.717) is 5.02 Å². The van der Waals surface area contributed by atoms with Gasteiger partial charge in [0.05, 0.1) is 16.9 Å². The lowest BCUT2D eigenvalue weighted by molar-refractivity contribution is -0.123. The molecule has 18 heavy (non-hydrogen) atoms. The standard InChI is InChI=1S/C13H19ClN2O2/c1-16-11(10(14)9-15-16)13(17)4-2-3-12(13)5-7-18-8-6-12/h9,17H,2-8H2,1H3. The van der Waals surface area contributed by atoms with Gasteiger partial charge in [-0.25, -0.2) is 0 Å². The topological polar surface area (TPSA) is 47.3 Å². The maximum atomic E-state index is 11.3. The number of aliphatic hydroxyl groups is 1. The van der Waals surface area contributed by atoms with Crippen LogP contribution < -0.4 is 0 Å². The molecule has 1 aliphatic carbocycles. The van der Waals surface area contributed by atoms with E-state index in [4.69, 9.17) is 16.3 Å². The van der Waals surface area contributed by atoms with Crippen molar-refractivity contribution in [2.24, 2.45) is 12.5 Å². The molecule has 1 saturated heterocycles. The van der Waals surface area contributed by atoms with Crippen molar-refractivity contribution < 1.29 is 9.84 Å². The Morgan fingerprint density at radius 3 is 2.67 bits per heavy atom. The predicted molar refractivity (Wildman–Crippen MR) is 68.5 cm³/mol. The average Bonchev–Trinajstić information content (AvgIpc) is 2.84. The van der Waals surface area contributed by atoms with Crippen LogP contribution in [0.25, 0.3) is 0 Å². The summed E-state index contributed by atoms with van der Waals surface area (Å²) in [4.78, 5) is 0. The molecule has 1 N–H and O–H groups in total. The number of hydrogen-bond acceptors (Lipinski definition) is 3. The zero-order valence-corrected chi connectivity index (χ0v) is 11.4. The lowest BCUT2D eigenvalue weighted by Gasteiger charge is -2.45. The molecule has 2 fully saturated rings. The molecule has 1 atom stereocenters. The van der Waals surface area contributed by atoms with Crippen molar-refractivity contribution >= 4 is 11.6 Å². The number of halogens is 1. The minimum absolute atomic E-state index is 0.0807. The van der Waals surface area contributed by atoms with Gasteiger partial charge in [0.2, 0.25) is 0 Å². The molecule has 4 nitrogen and oxygen atoms in total. The Hall–Kier alpha value is -0.580. The van der Waals surface area contributed by atoms with E-state index < -0.39 is 5.60 Å². The van der Waals surface area contributed by atoms with Gasteiger partial charge in [0.15, 0.2) is 0 Å². The number of hydrogen-bond donors (Lipinski definition) is 1. The van der Waals surface area contributed by atoms with Crippen molar-refractivity contribution in [3.63, 3.8) is 0 Å². The van der Waals surface area contributed by atoms with Crippen LogP contribution in [-0.4, -0.2) is 28.1 Å². The summed E-state index contributed by atoms with van der Waals surface area (Å²) in [5.74, 6) is 0. The van der Waals surface area contributed by atoms with Crippen molar-refractivity contribution in [3.8, 4) is 0 Å². The lowest BCUT2D eigenvalue weighted by atomic mass is 9.67. The Labute approximate surface area is 112 Å². The summed E-state index contributed by atoms with van der Waals surface area (Å²) in [5, 5.41) is 16.0. The highest BCUT2D eigenvalue weighted by atomic mass is 35.5. The van der Waals surface area contributed by atoms with Gasteiger partial charge >= 0.3 is 0 Å². The van der Waals surface area contributed by atoms with E-state index in [2.05, 4.69) is 5.10 Å². The normalized spacial score (nSPS) is 31.1. The molecular weight excluding hydrogens is 252 g/mol. The monoisotopic (exact) mass is 270 g/mol. The first-order chi connectivity index (χ1) is 8.59. The summed E-state index contributed by atoms with van der Waals surface area (Å²) in [7, 11) is 1.85. The van der Waals surface area contributed by atoms with Crippen LogP contribution in [0.15, 0.2) is 6.20 Å². The van der Waals surface area contributed by atoms with Gasteiger partial charge in [0, 0.05) is 25.7 Å². The second-order valence-corrected chi connectivity index (χ2v) is 5.98. The lowest BCUT2D eigenvalue weighted by Crippen LogP contribution is -2.46. The molecular formula is C13H19ClN2O2. The van der Waals surface area contributed by atoms with Gasteiger partial charge in [0.25, 0.3) is 0 Å². The average molecular weight is 271 g/mol. The van der Waals surface area contributed by atoms with Gasteiger partial charge in [-0.2, -0.15) is 5.10 Å². The third-order valence-corrected chi connectivity index (χ3v) is 5.08. The summed E-state index contributed by atoms with van der Waals surface area (Å²) in [6.45, 7) is 1.47. The first-order valence-electron chi connectivity index (χ1n) is 6.57. The Kier molecular flexibility index (Phi) is 2.92. The molecule has 3 rings (SSSR count). The van der Waals surface area contributed by atoms with E-state index in [1.165, 1.54) is 0 Å². The summed E-state index contributed by atoms with van der Waals surface area (Å²) >= 11 is 6.24. The quantitative estimate of drug-likeness (QED) is 0.851. The number of aryl methyl sites for hydroxylation is 1. The highest BCUT2D eigenvalue weighted by molar-refractivity contribution is 6.31. The van der Waals surface area contributed by atoms with Gasteiger partial charge in [-0.05, 0) is 32.1 Å². The van der Waals surface area contributed by atoms with Gasteiger partial charge in [0.1, 0.15) is 5.60 Å².